The molecule has 0 saturated carbocycles. The Morgan fingerprint density at radius 2 is 0.588 bits per heavy atom. The minimum Gasteiger partial charge on any atom is -0.759 e. The van der Waals surface area contributed by atoms with Gasteiger partial charge in [-0.15, -0.1) is 0 Å². The van der Waals surface area contributed by atoms with Gasteiger partial charge in [-0.3, -0.25) is 26.6 Å². The van der Waals surface area contributed by atoms with E-state index in [1.54, 1.807) is 0 Å². The monoisotopic (exact) mass is 702 g/mol. The summed E-state index contributed by atoms with van der Waals surface area (Å²) >= 11 is 0. The average molecular weight is 701 g/mol. The second-order valence-electron chi connectivity index (χ2n) is 1.30. The van der Waals surface area contributed by atoms with Gasteiger partial charge in [0.15, 0.2) is 0 Å². The van der Waals surface area contributed by atoms with Gasteiger partial charge in [-0.2, -0.15) is 16.8 Å². The van der Waals surface area contributed by atoms with Crippen molar-refractivity contribution in [1.29, 1.82) is 0 Å². The molecule has 0 aliphatic rings. The third-order valence-electron chi connectivity index (χ3n) is 0. The third-order valence-corrected chi connectivity index (χ3v) is 0. The van der Waals surface area contributed by atoms with Crippen LogP contribution in [0.1, 0.15) is 0 Å². The summed E-state index contributed by atoms with van der Waals surface area (Å²) in [4.78, 5) is 0. The maximum Gasteiger partial charge on any atom is 1.00 e. The first-order valence-electron chi connectivity index (χ1n) is 2.06. The molecule has 0 heterocycles. The zero-order valence-corrected chi connectivity index (χ0v) is 18.9. The van der Waals surface area contributed by atoms with E-state index >= 15 is 0 Å². The van der Waals surface area contributed by atoms with E-state index < -0.39 is 31.2 Å². The van der Waals surface area contributed by atoms with Crippen LogP contribution in [-0.2, 0) is 31.2 Å². The predicted octanol–water partition coefficient (Wildman–Crippen LogP) is -3.41. The van der Waals surface area contributed by atoms with Crippen LogP contribution in [0.15, 0.2) is 0 Å². The molecule has 0 aliphatic heterocycles. The summed E-state index contributed by atoms with van der Waals surface area (Å²) in [6.07, 6.45) is 0. The number of hydrogen-bond donors (Lipinski definition) is 4. The molecule has 0 atom stereocenters. The molecule has 0 aromatic heterocycles. The number of rotatable bonds is 0. The van der Waals surface area contributed by atoms with E-state index in [-0.39, 0.29) is 54.6 Å². The SMILES string of the molecule is O=S(=O)(O)O.O=S(=O)(O)O.O=S(=O)([O-])[O-].[Tl+].[Tl+]. The molecular formula is H4O12S3Tl2. The van der Waals surface area contributed by atoms with E-state index in [0.717, 1.165) is 0 Å². The molecule has 0 fully saturated rings. The molecule has 0 spiro atoms. The van der Waals surface area contributed by atoms with Crippen molar-refractivity contribution < 1.29 is 52.6 Å². The molecule has 12 nitrogen and oxygen atoms in total. The molecule has 0 bridgehead atoms. The summed E-state index contributed by atoms with van der Waals surface area (Å²) in [5.74, 6) is 0. The summed E-state index contributed by atoms with van der Waals surface area (Å²) in [7, 11) is -14.5. The molecule has 0 amide bonds. The second-order valence-corrected chi connectivity index (χ2v) is 3.91. The van der Waals surface area contributed by atoms with E-state index in [2.05, 4.69) is 0 Å². The largest absolute Gasteiger partial charge is 1.00 e. The maximum atomic E-state index is 8.74. The van der Waals surface area contributed by atoms with Gasteiger partial charge >= 0.3 is 75.4 Å². The van der Waals surface area contributed by atoms with Crippen molar-refractivity contribution in [2.75, 3.05) is 0 Å². The normalized spacial score (nSPS) is 10.2. The second kappa shape index (κ2) is 12.5. The standard InChI is InChI=1S/3H2O4S.2Tl/c3*1-5(2,3)4;;/h3*(H2,1,2,3,4);;/q;;;2*+1/p-2. The molecule has 0 rings (SSSR count). The Balaban J connectivity index is -0.0000000400. The topological polar surface area (TPSA) is 229 Å². The molecule has 0 aliphatic carbocycles. The molecule has 100 valence electrons. The fourth-order valence-electron chi connectivity index (χ4n) is 0. The van der Waals surface area contributed by atoms with Gasteiger partial charge in [0, 0.05) is 10.4 Å². The Bertz CT molecular complexity index is 341. The van der Waals surface area contributed by atoms with E-state index in [1.807, 2.05) is 0 Å². The first-order chi connectivity index (χ1) is 6.00. The van der Waals surface area contributed by atoms with Crippen LogP contribution >= 0.6 is 0 Å². The predicted molar refractivity (Wildman–Crippen MR) is 50.3 cm³/mol. The molecule has 0 unspecified atom stereocenters. The molecule has 4 N–H and O–H groups in total. The molecule has 17 heavy (non-hydrogen) atoms. The average Bonchev–Trinajstić information content (AvgIpc) is 1.41. The van der Waals surface area contributed by atoms with Crippen molar-refractivity contribution in [2.24, 2.45) is 0 Å². The Labute approximate surface area is 137 Å². The summed E-state index contributed by atoms with van der Waals surface area (Å²) in [5, 5.41) is 0. The maximum absolute atomic E-state index is 8.74. The zero-order chi connectivity index (χ0) is 13.5. The third kappa shape index (κ3) is 1970. The van der Waals surface area contributed by atoms with Gasteiger partial charge in [0.25, 0.3) is 0 Å². The first-order valence-corrected chi connectivity index (χ1v) is 6.19. The Kier molecular flexibility index (Phi) is 22.8. The van der Waals surface area contributed by atoms with Gasteiger partial charge in [0.1, 0.15) is 0 Å². The van der Waals surface area contributed by atoms with Crippen molar-refractivity contribution in [2.45, 2.75) is 0 Å². The Hall–Kier alpha value is 1.45. The minimum atomic E-state index is -5.17. The van der Waals surface area contributed by atoms with Gasteiger partial charge in [-0.05, 0) is 0 Å². The molecule has 0 aromatic rings. The van der Waals surface area contributed by atoms with Crippen LogP contribution in [0, 0.1) is 0 Å². The van der Waals surface area contributed by atoms with Crippen LogP contribution in [0.3, 0.4) is 0 Å². The molecular weight excluding hydrogens is 697 g/mol. The zero-order valence-electron chi connectivity index (χ0n) is 7.43. The van der Waals surface area contributed by atoms with Crippen LogP contribution in [-0.4, -0.2) is 107 Å². The van der Waals surface area contributed by atoms with Crippen LogP contribution in [0.2, 0.25) is 0 Å². The Morgan fingerprint density at radius 3 is 0.588 bits per heavy atom. The fourth-order valence-corrected chi connectivity index (χ4v) is 0. The van der Waals surface area contributed by atoms with E-state index in [9.17, 15) is 0 Å². The van der Waals surface area contributed by atoms with Gasteiger partial charge in [0.05, 0.1) is 0 Å². The minimum absolute atomic E-state index is 0. The molecule has 17 heteroatoms. The summed E-state index contributed by atoms with van der Waals surface area (Å²) in [6, 6.07) is 0. The van der Waals surface area contributed by atoms with Gasteiger partial charge in [0.2, 0.25) is 0 Å². The Morgan fingerprint density at radius 1 is 0.588 bits per heavy atom. The number of hydrogen-bond acceptors (Lipinski definition) is 8. The van der Waals surface area contributed by atoms with E-state index in [1.165, 1.54) is 0 Å². The first kappa shape index (κ1) is 31.1. The van der Waals surface area contributed by atoms with E-state index in [4.69, 9.17) is 52.6 Å². The van der Waals surface area contributed by atoms with Gasteiger partial charge in [-0.25, -0.2) is 0 Å². The fraction of sp³-hybridized carbons (Fsp3) is 0. The summed E-state index contributed by atoms with van der Waals surface area (Å²) in [6.45, 7) is 0. The summed E-state index contributed by atoms with van der Waals surface area (Å²) in [5.41, 5.74) is 0. The van der Waals surface area contributed by atoms with Crippen LogP contribution in [0.25, 0.3) is 0 Å². The molecule has 0 radical (unpaired) electrons. The van der Waals surface area contributed by atoms with Crippen LogP contribution in [0.4, 0.5) is 0 Å². The van der Waals surface area contributed by atoms with Crippen LogP contribution < -0.4 is 0 Å². The quantitative estimate of drug-likeness (QED) is 0.110. The summed E-state index contributed by atoms with van der Waals surface area (Å²) < 4.78 is 97.2. The van der Waals surface area contributed by atoms with Gasteiger partial charge in [-0.1, -0.05) is 0 Å². The van der Waals surface area contributed by atoms with Crippen molar-refractivity contribution in [3.63, 3.8) is 0 Å². The van der Waals surface area contributed by atoms with Crippen molar-refractivity contribution >= 4 is 85.8 Å². The molecule has 0 aromatic carbocycles. The van der Waals surface area contributed by atoms with Crippen molar-refractivity contribution in [3.05, 3.63) is 0 Å². The van der Waals surface area contributed by atoms with Crippen molar-refractivity contribution in [3.8, 4) is 0 Å². The van der Waals surface area contributed by atoms with Crippen LogP contribution in [0.5, 0.6) is 0 Å². The van der Waals surface area contributed by atoms with Gasteiger partial charge < -0.3 is 9.11 Å². The smallest absolute Gasteiger partial charge is 0.759 e. The van der Waals surface area contributed by atoms with E-state index in [0.29, 0.717) is 0 Å². The molecule has 0 saturated heterocycles. The van der Waals surface area contributed by atoms with Crippen molar-refractivity contribution in [1.82, 2.24) is 0 Å².